The molecule has 2 bridgehead atoms. The molecule has 3 aliphatic rings. The van der Waals surface area contributed by atoms with Crippen LogP contribution in [0.5, 0.6) is 0 Å². The van der Waals surface area contributed by atoms with Crippen LogP contribution in [0.15, 0.2) is 55.6 Å². The molecule has 0 aliphatic carbocycles. The number of aliphatic hydroxyl groups is 1. The lowest BCUT2D eigenvalue weighted by atomic mass is 9.70. The van der Waals surface area contributed by atoms with Crippen molar-refractivity contribution in [2.24, 2.45) is 11.8 Å². The minimum Gasteiger partial charge on any atom is -0.455 e. The molecule has 1 spiro atoms. The van der Waals surface area contributed by atoms with E-state index in [2.05, 4.69) is 18.5 Å². The molecule has 42 heavy (non-hydrogen) atoms. The maximum Gasteiger partial charge on any atom is 0.313 e. The molecule has 7 atom stereocenters. The third-order valence-corrected chi connectivity index (χ3v) is 8.71. The Kier molecular flexibility index (Phi) is 9.89. The Balaban J connectivity index is 1.64. The van der Waals surface area contributed by atoms with Gasteiger partial charge in [-0.15, -0.1) is 13.2 Å². The Morgan fingerprint density at radius 3 is 2.55 bits per heavy atom. The number of aliphatic hydroxyl groups excluding tert-OH is 1. The van der Waals surface area contributed by atoms with E-state index >= 15 is 0 Å². The average Bonchev–Trinajstić information content (AvgIpc) is 3.63. The number of allylic oxidation sites excluding steroid dienone is 1. The lowest BCUT2D eigenvalue weighted by molar-refractivity contribution is -0.161. The van der Waals surface area contributed by atoms with Crippen molar-refractivity contribution in [1.82, 2.24) is 15.1 Å². The number of rotatable bonds is 14. The second-order valence-corrected chi connectivity index (χ2v) is 11.7. The monoisotopic (exact) mass is 581 g/mol. The average molecular weight is 582 g/mol. The highest BCUT2D eigenvalue weighted by molar-refractivity contribution is 5.98. The Labute approximate surface area is 247 Å². The van der Waals surface area contributed by atoms with Crippen LogP contribution in [-0.4, -0.2) is 88.1 Å². The zero-order valence-corrected chi connectivity index (χ0v) is 24.7. The summed E-state index contributed by atoms with van der Waals surface area (Å²) in [4.78, 5) is 57.5. The van der Waals surface area contributed by atoms with E-state index in [1.54, 1.807) is 24.0 Å². The van der Waals surface area contributed by atoms with Gasteiger partial charge in [0.25, 0.3) is 0 Å². The predicted octanol–water partition coefficient (Wildman–Crippen LogP) is 2.53. The van der Waals surface area contributed by atoms with Crippen LogP contribution < -0.4 is 5.32 Å². The van der Waals surface area contributed by atoms with Gasteiger partial charge in [0.1, 0.15) is 17.7 Å². The van der Waals surface area contributed by atoms with Crippen LogP contribution in [0.3, 0.4) is 0 Å². The van der Waals surface area contributed by atoms with Crippen LogP contribution in [0.2, 0.25) is 0 Å². The van der Waals surface area contributed by atoms with Gasteiger partial charge in [-0.3, -0.25) is 19.2 Å². The van der Waals surface area contributed by atoms with Gasteiger partial charge < -0.3 is 29.7 Å². The molecule has 228 valence electrons. The summed E-state index contributed by atoms with van der Waals surface area (Å²) in [5, 5.41) is 12.9. The molecule has 10 heteroatoms. The van der Waals surface area contributed by atoms with Gasteiger partial charge in [-0.25, -0.2) is 0 Å². The summed E-state index contributed by atoms with van der Waals surface area (Å²) < 4.78 is 12.5. The van der Waals surface area contributed by atoms with Crippen LogP contribution in [0.25, 0.3) is 0 Å². The lowest BCUT2D eigenvalue weighted by Gasteiger charge is -2.39. The number of likely N-dealkylation sites (tertiary alicyclic amines) is 1. The standard InChI is InChI=1S/C32H43N3O7/c1-6-8-14-25(37)33-18-24(22-12-10-9-11-13-22)41-31(40)26-23-15-16-32(42-23)27(26)29(38)35(21(5)19-36)28(32)30(39)34(17-7-2)20(3)4/h6-7,9-13,20-21,23-24,26-28,36H,1-2,8,14-19H2,3-5H3,(H,33,37)/t21-,23-,24-,26+,27+,28-,32+/m1/s1. The fraction of sp³-hybridized carbons (Fsp3) is 0.562. The number of hydrogen-bond acceptors (Lipinski definition) is 7. The fourth-order valence-electron chi connectivity index (χ4n) is 6.69. The molecule has 1 aromatic rings. The van der Waals surface area contributed by atoms with Crippen LogP contribution in [-0.2, 0) is 28.7 Å². The first-order chi connectivity index (χ1) is 20.1. The molecule has 3 aliphatic heterocycles. The topological polar surface area (TPSA) is 125 Å². The van der Waals surface area contributed by atoms with E-state index in [1.165, 1.54) is 4.90 Å². The molecular formula is C32H43N3O7. The molecule has 3 amide bonds. The zero-order chi connectivity index (χ0) is 30.6. The second-order valence-electron chi connectivity index (χ2n) is 11.7. The van der Waals surface area contributed by atoms with E-state index in [1.807, 2.05) is 44.2 Å². The van der Waals surface area contributed by atoms with Crippen LogP contribution in [0, 0.1) is 11.8 Å². The van der Waals surface area contributed by atoms with Crippen LogP contribution >= 0.6 is 0 Å². The molecule has 0 aromatic heterocycles. The van der Waals surface area contributed by atoms with E-state index in [0.29, 0.717) is 24.8 Å². The summed E-state index contributed by atoms with van der Waals surface area (Å²) in [5.41, 5.74) is -0.506. The van der Waals surface area contributed by atoms with Crippen molar-refractivity contribution in [2.75, 3.05) is 19.7 Å². The number of nitrogens with zero attached hydrogens (tertiary/aromatic N) is 2. The van der Waals surface area contributed by atoms with E-state index < -0.39 is 53.6 Å². The highest BCUT2D eigenvalue weighted by Crippen LogP contribution is 2.59. The highest BCUT2D eigenvalue weighted by Gasteiger charge is 2.75. The summed E-state index contributed by atoms with van der Waals surface area (Å²) in [7, 11) is 0. The second kappa shape index (κ2) is 13.2. The highest BCUT2D eigenvalue weighted by atomic mass is 16.6. The van der Waals surface area contributed by atoms with E-state index in [9.17, 15) is 24.3 Å². The first-order valence-electron chi connectivity index (χ1n) is 14.8. The molecule has 1 aromatic carbocycles. The third kappa shape index (κ3) is 5.74. The predicted molar refractivity (Wildman–Crippen MR) is 156 cm³/mol. The summed E-state index contributed by atoms with van der Waals surface area (Å²) in [6.07, 6.45) is 3.65. The molecule has 3 fully saturated rings. The normalized spacial score (nSPS) is 27.4. The van der Waals surface area contributed by atoms with Crippen molar-refractivity contribution >= 4 is 23.7 Å². The number of ether oxygens (including phenoxy) is 2. The molecule has 0 unspecified atom stereocenters. The molecule has 3 saturated heterocycles. The van der Waals surface area contributed by atoms with Gasteiger partial charge in [0.05, 0.1) is 37.1 Å². The largest absolute Gasteiger partial charge is 0.455 e. The summed E-state index contributed by atoms with van der Waals surface area (Å²) in [6, 6.07) is 7.29. The van der Waals surface area contributed by atoms with E-state index in [0.717, 1.165) is 0 Å². The van der Waals surface area contributed by atoms with E-state index in [4.69, 9.17) is 9.47 Å². The quantitative estimate of drug-likeness (QED) is 0.256. The minimum atomic E-state index is -1.21. The Morgan fingerprint density at radius 1 is 1.21 bits per heavy atom. The first-order valence-corrected chi connectivity index (χ1v) is 14.8. The summed E-state index contributed by atoms with van der Waals surface area (Å²) >= 11 is 0. The van der Waals surface area contributed by atoms with Gasteiger partial charge in [-0.05, 0) is 45.6 Å². The van der Waals surface area contributed by atoms with Crippen molar-refractivity contribution in [2.45, 2.75) is 82.4 Å². The van der Waals surface area contributed by atoms with Crippen molar-refractivity contribution in [3.8, 4) is 0 Å². The molecule has 4 rings (SSSR count). The number of amides is 3. The van der Waals surface area contributed by atoms with Gasteiger partial charge in [0.2, 0.25) is 17.7 Å². The Bertz CT molecular complexity index is 1190. The number of esters is 1. The number of benzene rings is 1. The number of carbonyl (C=O) groups is 4. The van der Waals surface area contributed by atoms with E-state index in [-0.39, 0.29) is 44.0 Å². The SMILES string of the molecule is C=CCCC(=O)NC[C@@H](OC(=O)[C@@H]1[C@H]2C(=O)N([C@H](C)CO)[C@H](C(=O)N(CC=C)C(C)C)[C@]23CC[C@H]1O3)c1ccccc1. The van der Waals surface area contributed by atoms with Gasteiger partial charge in [0.15, 0.2) is 0 Å². The number of carbonyl (C=O) groups excluding carboxylic acids is 4. The third-order valence-electron chi connectivity index (χ3n) is 8.71. The van der Waals surface area contributed by atoms with Crippen LogP contribution in [0.1, 0.15) is 58.1 Å². The first kappa shape index (κ1) is 31.4. The zero-order valence-electron chi connectivity index (χ0n) is 24.7. The van der Waals surface area contributed by atoms with Gasteiger partial charge in [0, 0.05) is 19.0 Å². The minimum absolute atomic E-state index is 0.0629. The van der Waals surface area contributed by atoms with Crippen molar-refractivity contribution in [3.05, 3.63) is 61.2 Å². The molecular weight excluding hydrogens is 538 g/mol. The summed E-state index contributed by atoms with van der Waals surface area (Å²) in [6.45, 7) is 12.9. The summed E-state index contributed by atoms with van der Waals surface area (Å²) in [5.74, 6) is -3.33. The van der Waals surface area contributed by atoms with Gasteiger partial charge in [-0.2, -0.15) is 0 Å². The van der Waals surface area contributed by atoms with Crippen molar-refractivity contribution in [1.29, 1.82) is 0 Å². The smallest absolute Gasteiger partial charge is 0.313 e. The molecule has 3 heterocycles. The number of nitrogens with one attached hydrogen (secondary N) is 1. The number of hydrogen-bond donors (Lipinski definition) is 2. The van der Waals surface area contributed by atoms with Crippen molar-refractivity contribution < 1.29 is 33.8 Å². The van der Waals surface area contributed by atoms with Crippen molar-refractivity contribution in [3.63, 3.8) is 0 Å². The maximum absolute atomic E-state index is 14.1. The molecule has 0 radical (unpaired) electrons. The maximum atomic E-state index is 14.1. The molecule has 2 N–H and O–H groups in total. The lowest BCUT2D eigenvalue weighted by Crippen LogP contribution is -2.59. The Hall–Kier alpha value is -3.50. The van der Waals surface area contributed by atoms with Gasteiger partial charge in [-0.1, -0.05) is 42.5 Å². The van der Waals surface area contributed by atoms with Gasteiger partial charge >= 0.3 is 5.97 Å². The Morgan fingerprint density at radius 2 is 1.93 bits per heavy atom. The fourth-order valence-corrected chi connectivity index (χ4v) is 6.69. The van der Waals surface area contributed by atoms with Crippen LogP contribution in [0.4, 0.5) is 0 Å². The number of fused-ring (bicyclic) bond motifs is 1. The molecule has 0 saturated carbocycles. The molecule has 10 nitrogen and oxygen atoms in total.